The van der Waals surface area contributed by atoms with Crippen molar-refractivity contribution in [3.8, 4) is 0 Å². The number of carbonyl (C=O) groups excluding carboxylic acids is 2. The predicted molar refractivity (Wildman–Crippen MR) is 138 cm³/mol. The number of allylic oxidation sites excluding steroid dienone is 4. The Hall–Kier alpha value is -2.36. The fraction of sp³-hybridized carbons (Fsp3) is 0.613. The molecule has 1 aromatic carbocycles. The summed E-state index contributed by atoms with van der Waals surface area (Å²) in [6.45, 7) is 3.89. The first-order valence-electron chi connectivity index (χ1n) is 13.9. The minimum atomic E-state index is -0.0424. The average molecular weight is 474 g/mol. The Morgan fingerprint density at radius 1 is 1.06 bits per heavy atom. The molecule has 5 aliphatic rings. The number of esters is 1. The maximum atomic E-state index is 13.1. The van der Waals surface area contributed by atoms with Gasteiger partial charge in [-0.3, -0.25) is 9.59 Å². The van der Waals surface area contributed by atoms with Crippen LogP contribution in [0.2, 0.25) is 0 Å². The molecule has 1 aromatic rings. The van der Waals surface area contributed by atoms with E-state index in [1.807, 2.05) is 19.9 Å². The second-order valence-electron chi connectivity index (χ2n) is 12.3. The van der Waals surface area contributed by atoms with Gasteiger partial charge in [0.1, 0.15) is 0 Å². The van der Waals surface area contributed by atoms with Crippen LogP contribution in [0.1, 0.15) is 89.2 Å². The third-order valence-corrected chi connectivity index (χ3v) is 9.52. The lowest BCUT2D eigenvalue weighted by Crippen LogP contribution is -2.34. The highest BCUT2D eigenvalue weighted by Gasteiger charge is 2.47. The molecule has 2 atom stereocenters. The van der Waals surface area contributed by atoms with Gasteiger partial charge in [-0.05, 0) is 119 Å². The van der Waals surface area contributed by atoms with Crippen molar-refractivity contribution in [3.05, 3.63) is 47.1 Å². The molecule has 1 spiro atoms. The predicted octanol–water partition coefficient (Wildman–Crippen LogP) is 6.39. The van der Waals surface area contributed by atoms with Gasteiger partial charge in [0.05, 0.1) is 12.0 Å². The number of rotatable bonds is 5. The fourth-order valence-electron chi connectivity index (χ4n) is 7.75. The summed E-state index contributed by atoms with van der Waals surface area (Å²) in [5, 5.41) is 0. The third-order valence-electron chi connectivity index (χ3n) is 9.52. The Morgan fingerprint density at radius 2 is 1.74 bits per heavy atom. The molecule has 0 amide bonds. The van der Waals surface area contributed by atoms with Crippen LogP contribution in [0.15, 0.2) is 35.9 Å². The maximum absolute atomic E-state index is 13.1. The number of ether oxygens (including phenoxy) is 1. The van der Waals surface area contributed by atoms with Gasteiger partial charge in [0.25, 0.3) is 0 Å². The van der Waals surface area contributed by atoms with Gasteiger partial charge in [-0.2, -0.15) is 0 Å². The van der Waals surface area contributed by atoms with Crippen LogP contribution in [0, 0.1) is 29.6 Å². The number of fused-ring (bicyclic) bond motifs is 4. The first-order chi connectivity index (χ1) is 16.8. The van der Waals surface area contributed by atoms with E-state index in [0.29, 0.717) is 23.5 Å². The number of hydrogen-bond acceptors (Lipinski definition) is 4. The molecule has 2 unspecified atom stereocenters. The summed E-state index contributed by atoms with van der Waals surface area (Å²) >= 11 is 0. The smallest absolute Gasteiger partial charge is 0.309 e. The van der Waals surface area contributed by atoms with Crippen molar-refractivity contribution in [3.63, 3.8) is 0 Å². The first-order valence-corrected chi connectivity index (χ1v) is 13.9. The summed E-state index contributed by atoms with van der Waals surface area (Å²) in [5.74, 6) is 2.31. The normalized spacial score (nSPS) is 33.6. The number of anilines is 1. The quantitative estimate of drug-likeness (QED) is 0.306. The summed E-state index contributed by atoms with van der Waals surface area (Å²) in [5.41, 5.74) is 11.9. The van der Waals surface area contributed by atoms with Crippen LogP contribution in [0.4, 0.5) is 5.69 Å². The van der Waals surface area contributed by atoms with Gasteiger partial charge in [-0.1, -0.05) is 23.8 Å². The number of nitrogens with two attached hydrogens (primary N) is 1. The summed E-state index contributed by atoms with van der Waals surface area (Å²) in [6.07, 6.45) is 15.8. The zero-order chi connectivity index (χ0) is 24.3. The molecule has 0 saturated heterocycles. The maximum Gasteiger partial charge on any atom is 0.309 e. The average Bonchev–Trinajstić information content (AvgIpc) is 3.57. The van der Waals surface area contributed by atoms with E-state index in [-0.39, 0.29) is 29.3 Å². The van der Waals surface area contributed by atoms with Crippen LogP contribution >= 0.6 is 0 Å². The molecule has 4 nitrogen and oxygen atoms in total. The van der Waals surface area contributed by atoms with Gasteiger partial charge in [0.2, 0.25) is 0 Å². The fourth-order valence-corrected chi connectivity index (χ4v) is 7.75. The summed E-state index contributed by atoms with van der Waals surface area (Å²) in [7, 11) is 0. The Kier molecular flexibility index (Phi) is 5.69. The van der Waals surface area contributed by atoms with Crippen molar-refractivity contribution >= 4 is 23.0 Å². The minimum Gasteiger partial charge on any atom is -0.463 e. The van der Waals surface area contributed by atoms with E-state index in [9.17, 15) is 9.59 Å². The highest BCUT2D eigenvalue weighted by Crippen LogP contribution is 2.54. The van der Waals surface area contributed by atoms with Crippen molar-refractivity contribution in [2.45, 2.75) is 89.6 Å². The number of benzene rings is 1. The highest BCUT2D eigenvalue weighted by atomic mass is 16.5. The van der Waals surface area contributed by atoms with E-state index < -0.39 is 0 Å². The molecule has 0 aliphatic heterocycles. The highest BCUT2D eigenvalue weighted by molar-refractivity contribution is 6.24. The molecule has 4 heteroatoms. The molecule has 186 valence electrons. The van der Waals surface area contributed by atoms with Gasteiger partial charge in [-0.25, -0.2) is 0 Å². The van der Waals surface area contributed by atoms with Crippen LogP contribution in [-0.4, -0.2) is 17.9 Å². The van der Waals surface area contributed by atoms with Crippen molar-refractivity contribution in [1.82, 2.24) is 0 Å². The molecule has 5 aliphatic carbocycles. The van der Waals surface area contributed by atoms with Crippen LogP contribution in [0.5, 0.6) is 0 Å². The largest absolute Gasteiger partial charge is 0.463 e. The molecule has 2 N–H and O–H groups in total. The zero-order valence-electron chi connectivity index (χ0n) is 21.2. The van der Waals surface area contributed by atoms with Gasteiger partial charge in [0, 0.05) is 22.6 Å². The standard InChI is InChI=1S/C31H39NO3/c1-18(2)35-30(34)28-22-5-6-23(28)15-20(14-22)13-19-9-11-31(12-10-19)17-26(29(33)21-3-4-21)25-8-7-24(32)16-27(25)31/h7-8,13,16-18,20-23,28H,3-6,9-12,14-15,32H2,1-2H3. The van der Waals surface area contributed by atoms with Gasteiger partial charge >= 0.3 is 5.97 Å². The van der Waals surface area contributed by atoms with E-state index in [2.05, 4.69) is 24.3 Å². The van der Waals surface area contributed by atoms with E-state index in [1.54, 1.807) is 5.57 Å². The van der Waals surface area contributed by atoms with Crippen LogP contribution in [0.3, 0.4) is 0 Å². The number of ketones is 1. The molecule has 0 aromatic heterocycles. The monoisotopic (exact) mass is 473 g/mol. The van der Waals surface area contributed by atoms with Gasteiger partial charge < -0.3 is 10.5 Å². The van der Waals surface area contributed by atoms with E-state index in [1.165, 1.54) is 18.4 Å². The second-order valence-corrected chi connectivity index (χ2v) is 12.3. The molecular weight excluding hydrogens is 434 g/mol. The zero-order valence-corrected chi connectivity index (χ0v) is 21.2. The Bertz CT molecular complexity index is 1080. The number of hydrogen-bond donors (Lipinski definition) is 1. The number of carbonyl (C=O) groups is 2. The van der Waals surface area contributed by atoms with E-state index >= 15 is 0 Å². The Labute approximate surface area is 209 Å². The van der Waals surface area contributed by atoms with E-state index in [0.717, 1.165) is 68.2 Å². The number of Topliss-reactive ketones (excluding diaryl/α,β-unsaturated/α-hetero) is 1. The molecule has 6 rings (SSSR count). The Morgan fingerprint density at radius 3 is 2.37 bits per heavy atom. The molecule has 35 heavy (non-hydrogen) atoms. The molecule has 4 saturated carbocycles. The summed E-state index contributed by atoms with van der Waals surface area (Å²) < 4.78 is 5.60. The topological polar surface area (TPSA) is 69.4 Å². The van der Waals surface area contributed by atoms with Crippen LogP contribution in [0.25, 0.3) is 5.57 Å². The molecule has 4 fully saturated rings. The molecular formula is C31H39NO3. The first kappa shape index (κ1) is 23.1. The van der Waals surface area contributed by atoms with Gasteiger partial charge in [0.15, 0.2) is 5.78 Å². The van der Waals surface area contributed by atoms with Crippen molar-refractivity contribution < 1.29 is 14.3 Å². The van der Waals surface area contributed by atoms with Crippen molar-refractivity contribution in [1.29, 1.82) is 0 Å². The van der Waals surface area contributed by atoms with Crippen molar-refractivity contribution in [2.75, 3.05) is 5.73 Å². The molecule has 0 heterocycles. The Balaban J connectivity index is 1.16. The molecule has 0 radical (unpaired) electrons. The SMILES string of the molecule is CC(C)OC(=O)C1C2CCC1CC(C=C1CCC3(C=C(C(=O)C4CC4)c4ccc(N)cc43)CC1)C2. The molecule has 2 bridgehead atoms. The van der Waals surface area contributed by atoms with E-state index in [4.69, 9.17) is 10.5 Å². The summed E-state index contributed by atoms with van der Waals surface area (Å²) in [4.78, 5) is 25.7. The van der Waals surface area contributed by atoms with Crippen molar-refractivity contribution in [2.24, 2.45) is 29.6 Å². The number of nitrogen functional groups attached to an aromatic ring is 1. The lowest BCUT2D eigenvalue weighted by molar-refractivity contribution is -0.156. The minimum absolute atomic E-state index is 0.0264. The van der Waals surface area contributed by atoms with Crippen LogP contribution < -0.4 is 5.73 Å². The summed E-state index contributed by atoms with van der Waals surface area (Å²) in [6, 6.07) is 6.15. The lowest BCUT2D eigenvalue weighted by atomic mass is 9.68. The van der Waals surface area contributed by atoms with Crippen LogP contribution in [-0.2, 0) is 19.7 Å². The second kappa shape index (κ2) is 8.64. The lowest BCUT2D eigenvalue weighted by Gasteiger charge is -2.36. The van der Waals surface area contributed by atoms with Gasteiger partial charge in [-0.15, -0.1) is 0 Å². The third kappa shape index (κ3) is 4.17.